The third-order valence-corrected chi connectivity index (χ3v) is 4.22. The van der Waals surface area contributed by atoms with E-state index in [9.17, 15) is 8.78 Å². The van der Waals surface area contributed by atoms with Gasteiger partial charge in [0.05, 0.1) is 5.69 Å². The van der Waals surface area contributed by atoms with Gasteiger partial charge in [-0.1, -0.05) is 5.16 Å². The van der Waals surface area contributed by atoms with E-state index in [0.29, 0.717) is 18.2 Å². The molecule has 0 bridgehead atoms. The van der Waals surface area contributed by atoms with Crippen molar-refractivity contribution in [3.63, 3.8) is 0 Å². The number of rotatable bonds is 4. The molecule has 1 aliphatic rings. The molecule has 1 aromatic carbocycles. The summed E-state index contributed by atoms with van der Waals surface area (Å²) in [5.74, 6) is -0.222. The molecule has 0 radical (unpaired) electrons. The Bertz CT molecular complexity index is 653. The molecule has 2 aromatic rings. The molecular weight excluding hydrogens is 300 g/mol. The van der Waals surface area contributed by atoms with E-state index in [1.165, 1.54) is 12.1 Å². The zero-order valence-corrected chi connectivity index (χ0v) is 13.4. The zero-order valence-electron chi connectivity index (χ0n) is 13.4. The standard InChI is InChI=1S/C17H21F2N3O/c1-12-9-21(11-17-5-13(2)23-20-17)3-4-22(12)10-14-6-15(18)8-16(19)7-14/h5-8,12H,3-4,9-11H2,1-2H3. The van der Waals surface area contributed by atoms with Crippen LogP contribution in [-0.4, -0.2) is 40.6 Å². The summed E-state index contributed by atoms with van der Waals surface area (Å²) in [4.78, 5) is 4.57. The van der Waals surface area contributed by atoms with Crippen LogP contribution in [-0.2, 0) is 13.1 Å². The molecule has 0 N–H and O–H groups in total. The summed E-state index contributed by atoms with van der Waals surface area (Å²) in [5, 5.41) is 4.03. The van der Waals surface area contributed by atoms with Crippen LogP contribution in [0.1, 0.15) is 23.9 Å². The Hall–Kier alpha value is -1.79. The van der Waals surface area contributed by atoms with Crippen LogP contribution in [0.3, 0.4) is 0 Å². The van der Waals surface area contributed by atoms with Gasteiger partial charge in [-0.15, -0.1) is 0 Å². The van der Waals surface area contributed by atoms with Crippen LogP contribution in [0.4, 0.5) is 8.78 Å². The minimum absolute atomic E-state index is 0.308. The smallest absolute Gasteiger partial charge is 0.133 e. The number of aryl methyl sites for hydroxylation is 1. The first-order chi connectivity index (χ1) is 11.0. The van der Waals surface area contributed by atoms with Crippen LogP contribution < -0.4 is 0 Å². The van der Waals surface area contributed by atoms with Crippen molar-refractivity contribution in [3.8, 4) is 0 Å². The summed E-state index contributed by atoms with van der Waals surface area (Å²) in [6.07, 6.45) is 0. The largest absolute Gasteiger partial charge is 0.361 e. The van der Waals surface area contributed by atoms with E-state index < -0.39 is 11.6 Å². The van der Waals surface area contributed by atoms with Gasteiger partial charge in [0, 0.05) is 50.9 Å². The highest BCUT2D eigenvalue weighted by Crippen LogP contribution is 2.17. The fourth-order valence-corrected chi connectivity index (χ4v) is 3.11. The van der Waals surface area contributed by atoms with E-state index in [1.807, 2.05) is 13.0 Å². The summed E-state index contributed by atoms with van der Waals surface area (Å²) in [5.41, 5.74) is 1.62. The summed E-state index contributed by atoms with van der Waals surface area (Å²) in [6.45, 7) is 8.00. The molecular formula is C17H21F2N3O. The molecule has 124 valence electrons. The Morgan fingerprint density at radius 1 is 1.13 bits per heavy atom. The van der Waals surface area contributed by atoms with Crippen LogP contribution >= 0.6 is 0 Å². The third-order valence-electron chi connectivity index (χ3n) is 4.22. The van der Waals surface area contributed by atoms with Crippen molar-refractivity contribution >= 4 is 0 Å². The number of aromatic nitrogens is 1. The number of benzene rings is 1. The van der Waals surface area contributed by atoms with Gasteiger partial charge in [-0.2, -0.15) is 0 Å². The molecule has 0 saturated carbocycles. The number of hydrogen-bond donors (Lipinski definition) is 0. The summed E-state index contributed by atoms with van der Waals surface area (Å²) >= 11 is 0. The van der Waals surface area contributed by atoms with Crippen molar-refractivity contribution in [1.29, 1.82) is 0 Å². The highest BCUT2D eigenvalue weighted by Gasteiger charge is 2.24. The first-order valence-electron chi connectivity index (χ1n) is 7.83. The van der Waals surface area contributed by atoms with Crippen LogP contribution in [0.15, 0.2) is 28.8 Å². The lowest BCUT2D eigenvalue weighted by atomic mass is 10.1. The summed E-state index contributed by atoms with van der Waals surface area (Å²) in [7, 11) is 0. The Balaban J connectivity index is 1.58. The molecule has 1 saturated heterocycles. The van der Waals surface area contributed by atoms with Crippen LogP contribution in [0.5, 0.6) is 0 Å². The van der Waals surface area contributed by atoms with Crippen LogP contribution in [0.2, 0.25) is 0 Å². The molecule has 1 unspecified atom stereocenters. The van der Waals surface area contributed by atoms with Gasteiger partial charge in [0.25, 0.3) is 0 Å². The number of piperazine rings is 1. The quantitative estimate of drug-likeness (QED) is 0.867. The predicted molar refractivity (Wildman–Crippen MR) is 82.7 cm³/mol. The van der Waals surface area contributed by atoms with Crippen molar-refractivity contribution in [2.24, 2.45) is 0 Å². The lowest BCUT2D eigenvalue weighted by molar-refractivity contribution is 0.0718. The van der Waals surface area contributed by atoms with Gasteiger partial charge in [0.2, 0.25) is 0 Å². The van der Waals surface area contributed by atoms with E-state index >= 15 is 0 Å². The first kappa shape index (κ1) is 16.1. The molecule has 1 aliphatic heterocycles. The van der Waals surface area contributed by atoms with Gasteiger partial charge in [-0.25, -0.2) is 8.78 Å². The molecule has 2 heterocycles. The molecule has 23 heavy (non-hydrogen) atoms. The average Bonchev–Trinajstić information content (AvgIpc) is 2.86. The molecule has 0 amide bonds. The Kier molecular flexibility index (Phi) is 4.73. The zero-order chi connectivity index (χ0) is 16.4. The minimum Gasteiger partial charge on any atom is -0.361 e. The van der Waals surface area contributed by atoms with Gasteiger partial charge in [0.15, 0.2) is 0 Å². The first-order valence-corrected chi connectivity index (χ1v) is 7.83. The summed E-state index contributed by atoms with van der Waals surface area (Å²) in [6, 6.07) is 5.97. The second-order valence-corrected chi connectivity index (χ2v) is 6.26. The molecule has 3 rings (SSSR count). The molecule has 0 spiro atoms. The number of hydrogen-bond acceptors (Lipinski definition) is 4. The second kappa shape index (κ2) is 6.76. The maximum absolute atomic E-state index is 13.3. The van der Waals surface area contributed by atoms with Crippen molar-refractivity contribution < 1.29 is 13.3 Å². The second-order valence-electron chi connectivity index (χ2n) is 6.26. The fourth-order valence-electron chi connectivity index (χ4n) is 3.11. The topological polar surface area (TPSA) is 32.5 Å². The molecule has 4 nitrogen and oxygen atoms in total. The third kappa shape index (κ3) is 4.14. The molecule has 1 fully saturated rings. The Morgan fingerprint density at radius 2 is 1.87 bits per heavy atom. The van der Waals surface area contributed by atoms with Crippen molar-refractivity contribution in [1.82, 2.24) is 15.0 Å². The van der Waals surface area contributed by atoms with Gasteiger partial charge >= 0.3 is 0 Å². The lowest BCUT2D eigenvalue weighted by Gasteiger charge is -2.39. The SMILES string of the molecule is Cc1cc(CN2CCN(Cc3cc(F)cc(F)c3)C(C)C2)no1. The van der Waals surface area contributed by atoms with E-state index in [1.54, 1.807) is 0 Å². The number of halogens is 2. The minimum atomic E-state index is -0.521. The Morgan fingerprint density at radius 3 is 2.48 bits per heavy atom. The molecule has 6 heteroatoms. The fraction of sp³-hybridized carbons (Fsp3) is 0.471. The van der Waals surface area contributed by atoms with Crippen molar-refractivity contribution in [2.75, 3.05) is 19.6 Å². The van der Waals surface area contributed by atoms with Crippen molar-refractivity contribution in [3.05, 3.63) is 52.9 Å². The monoisotopic (exact) mass is 321 g/mol. The maximum Gasteiger partial charge on any atom is 0.133 e. The van der Waals surface area contributed by atoms with Crippen LogP contribution in [0.25, 0.3) is 0 Å². The molecule has 0 aliphatic carbocycles. The van der Waals surface area contributed by atoms with E-state index in [4.69, 9.17) is 4.52 Å². The van der Waals surface area contributed by atoms with E-state index in [-0.39, 0.29) is 0 Å². The maximum atomic E-state index is 13.3. The van der Waals surface area contributed by atoms with Gasteiger partial charge in [-0.05, 0) is 31.5 Å². The van der Waals surface area contributed by atoms with E-state index in [2.05, 4.69) is 21.9 Å². The van der Waals surface area contributed by atoms with Crippen LogP contribution in [0, 0.1) is 18.6 Å². The highest BCUT2D eigenvalue weighted by atomic mass is 19.1. The molecule has 1 aromatic heterocycles. The average molecular weight is 321 g/mol. The van der Waals surface area contributed by atoms with Crippen molar-refractivity contribution in [2.45, 2.75) is 33.0 Å². The van der Waals surface area contributed by atoms with Gasteiger partial charge in [-0.3, -0.25) is 9.80 Å². The Labute approximate surface area is 134 Å². The van der Waals surface area contributed by atoms with Gasteiger partial charge in [0.1, 0.15) is 17.4 Å². The number of nitrogens with zero attached hydrogens (tertiary/aromatic N) is 3. The summed E-state index contributed by atoms with van der Waals surface area (Å²) < 4.78 is 31.7. The lowest BCUT2D eigenvalue weighted by Crippen LogP contribution is -2.50. The predicted octanol–water partition coefficient (Wildman–Crippen LogP) is 2.97. The normalized spacial score (nSPS) is 20.1. The van der Waals surface area contributed by atoms with E-state index in [0.717, 1.165) is 43.7 Å². The highest BCUT2D eigenvalue weighted by molar-refractivity contribution is 5.18. The molecule has 1 atom stereocenters. The van der Waals surface area contributed by atoms with Gasteiger partial charge < -0.3 is 4.52 Å².